The number of fused-ring (bicyclic) bond motifs is 1. The summed E-state index contributed by atoms with van der Waals surface area (Å²) in [5, 5.41) is 30.6. The monoisotopic (exact) mass is 434 g/mol. The smallest absolute Gasteiger partial charge is 0.342 e. The van der Waals surface area contributed by atoms with Gasteiger partial charge in [-0.3, -0.25) is 4.79 Å². The standard InChI is InChI=1S/C23H30O8/c1-5-15(29-4)10-16-7-13-8-19(26)23(3,28)21(17(13)11-30-16)31-22(27)20-12(2)6-14(24)9-18(20)25/h6,8-9,15-17,21,24-25,28H,5,7,10-11H2,1-4H3/t15-,16-,17+,21-,23+/m0/s1. The van der Waals surface area contributed by atoms with Gasteiger partial charge < -0.3 is 29.5 Å². The molecule has 3 N–H and O–H groups in total. The van der Waals surface area contributed by atoms with Gasteiger partial charge in [-0.05, 0) is 44.4 Å². The Kier molecular flexibility index (Phi) is 6.73. The van der Waals surface area contributed by atoms with Gasteiger partial charge in [0.15, 0.2) is 11.4 Å². The first-order valence-electron chi connectivity index (χ1n) is 10.4. The Labute approximate surface area is 181 Å². The Balaban J connectivity index is 1.84. The van der Waals surface area contributed by atoms with Crippen LogP contribution in [0.1, 0.15) is 49.0 Å². The van der Waals surface area contributed by atoms with E-state index in [0.717, 1.165) is 18.1 Å². The zero-order valence-corrected chi connectivity index (χ0v) is 18.3. The number of phenolic OH excluding ortho intramolecular Hbond substituents is 2. The van der Waals surface area contributed by atoms with Crippen LogP contribution in [-0.4, -0.2) is 64.7 Å². The number of methoxy groups -OCH3 is 1. The number of aliphatic hydroxyl groups is 1. The molecule has 1 saturated heterocycles. The van der Waals surface area contributed by atoms with Crippen LogP contribution in [0.4, 0.5) is 0 Å². The summed E-state index contributed by atoms with van der Waals surface area (Å²) >= 11 is 0. The third kappa shape index (κ3) is 4.61. The molecule has 0 amide bonds. The van der Waals surface area contributed by atoms with Crippen LogP contribution in [0.15, 0.2) is 23.8 Å². The average Bonchev–Trinajstić information content (AvgIpc) is 2.69. The van der Waals surface area contributed by atoms with Gasteiger partial charge in [0.1, 0.15) is 23.2 Å². The van der Waals surface area contributed by atoms with E-state index in [-0.39, 0.29) is 30.1 Å². The summed E-state index contributed by atoms with van der Waals surface area (Å²) in [6.45, 7) is 5.06. The van der Waals surface area contributed by atoms with Crippen LogP contribution in [0.2, 0.25) is 0 Å². The quantitative estimate of drug-likeness (QED) is 0.584. The van der Waals surface area contributed by atoms with Crippen LogP contribution in [0.25, 0.3) is 0 Å². The van der Waals surface area contributed by atoms with E-state index in [1.807, 2.05) is 6.92 Å². The minimum absolute atomic E-state index is 0.0404. The van der Waals surface area contributed by atoms with Crippen LogP contribution in [-0.2, 0) is 19.0 Å². The van der Waals surface area contributed by atoms with Crippen molar-refractivity contribution in [2.45, 2.75) is 63.9 Å². The number of rotatable bonds is 6. The van der Waals surface area contributed by atoms with Crippen LogP contribution in [0.5, 0.6) is 11.5 Å². The number of aryl methyl sites for hydroxylation is 1. The highest BCUT2D eigenvalue weighted by molar-refractivity contribution is 6.00. The van der Waals surface area contributed by atoms with Crippen molar-refractivity contribution in [3.8, 4) is 11.5 Å². The van der Waals surface area contributed by atoms with Gasteiger partial charge in [-0.15, -0.1) is 0 Å². The lowest BCUT2D eigenvalue weighted by atomic mass is 9.73. The van der Waals surface area contributed by atoms with Crippen LogP contribution < -0.4 is 0 Å². The van der Waals surface area contributed by atoms with Gasteiger partial charge in [-0.1, -0.05) is 12.5 Å². The molecule has 0 radical (unpaired) electrons. The average molecular weight is 434 g/mol. The number of aromatic hydroxyl groups is 2. The number of hydrogen-bond acceptors (Lipinski definition) is 8. The largest absolute Gasteiger partial charge is 0.508 e. The van der Waals surface area contributed by atoms with E-state index in [1.54, 1.807) is 14.0 Å². The van der Waals surface area contributed by atoms with Crippen LogP contribution in [0, 0.1) is 12.8 Å². The number of hydrogen-bond donors (Lipinski definition) is 3. The molecule has 0 saturated carbocycles. The molecule has 1 aromatic carbocycles. The number of benzene rings is 1. The maximum absolute atomic E-state index is 12.9. The number of esters is 1. The second kappa shape index (κ2) is 8.98. The van der Waals surface area contributed by atoms with Crippen molar-refractivity contribution in [1.29, 1.82) is 0 Å². The van der Waals surface area contributed by atoms with Crippen molar-refractivity contribution in [3.05, 3.63) is 34.9 Å². The Hall–Kier alpha value is -2.42. The molecule has 31 heavy (non-hydrogen) atoms. The Morgan fingerprint density at radius 1 is 1.35 bits per heavy atom. The first-order chi connectivity index (χ1) is 14.6. The second-order valence-corrected chi connectivity index (χ2v) is 8.48. The molecule has 5 atom stereocenters. The van der Waals surface area contributed by atoms with Crippen molar-refractivity contribution in [3.63, 3.8) is 0 Å². The zero-order valence-electron chi connectivity index (χ0n) is 18.3. The fraction of sp³-hybridized carbons (Fsp3) is 0.565. The van der Waals surface area contributed by atoms with Crippen molar-refractivity contribution >= 4 is 11.8 Å². The van der Waals surface area contributed by atoms with Crippen LogP contribution in [0.3, 0.4) is 0 Å². The molecule has 0 spiro atoms. The zero-order chi connectivity index (χ0) is 22.9. The summed E-state index contributed by atoms with van der Waals surface area (Å²) in [5.41, 5.74) is -0.982. The third-order valence-electron chi connectivity index (χ3n) is 6.24. The van der Waals surface area contributed by atoms with Crippen LogP contribution >= 0.6 is 0 Å². The lowest BCUT2D eigenvalue weighted by molar-refractivity contribution is -0.156. The van der Waals surface area contributed by atoms with Gasteiger partial charge in [0, 0.05) is 25.5 Å². The highest BCUT2D eigenvalue weighted by Gasteiger charge is 2.52. The van der Waals surface area contributed by atoms with Crippen molar-refractivity contribution in [2.24, 2.45) is 5.92 Å². The minimum atomic E-state index is -1.93. The summed E-state index contributed by atoms with van der Waals surface area (Å²) in [5.74, 6) is -2.55. The van der Waals surface area contributed by atoms with E-state index in [4.69, 9.17) is 14.2 Å². The molecular formula is C23H30O8. The molecule has 170 valence electrons. The number of carbonyl (C=O) groups is 2. The topological polar surface area (TPSA) is 123 Å². The predicted molar refractivity (Wildman–Crippen MR) is 111 cm³/mol. The van der Waals surface area contributed by atoms with E-state index in [2.05, 4.69) is 0 Å². The van der Waals surface area contributed by atoms with Gasteiger partial charge in [-0.2, -0.15) is 0 Å². The fourth-order valence-electron chi connectivity index (χ4n) is 4.37. The molecule has 0 unspecified atom stereocenters. The first kappa shape index (κ1) is 23.2. The summed E-state index contributed by atoms with van der Waals surface area (Å²) in [4.78, 5) is 25.5. The molecule has 0 bridgehead atoms. The molecule has 8 heteroatoms. The number of carbonyl (C=O) groups excluding carboxylic acids is 2. The summed E-state index contributed by atoms with van der Waals surface area (Å²) in [6, 6.07) is 2.35. The van der Waals surface area contributed by atoms with E-state index < -0.39 is 35.1 Å². The Morgan fingerprint density at radius 3 is 2.68 bits per heavy atom. The molecule has 3 rings (SSSR count). The van der Waals surface area contributed by atoms with Gasteiger partial charge in [0.2, 0.25) is 0 Å². The highest BCUT2D eigenvalue weighted by atomic mass is 16.6. The maximum atomic E-state index is 12.9. The molecule has 8 nitrogen and oxygen atoms in total. The summed E-state index contributed by atoms with van der Waals surface area (Å²) in [7, 11) is 1.65. The van der Waals surface area contributed by atoms with Crippen molar-refractivity contribution in [2.75, 3.05) is 13.7 Å². The molecule has 1 fully saturated rings. The first-order valence-corrected chi connectivity index (χ1v) is 10.4. The summed E-state index contributed by atoms with van der Waals surface area (Å²) in [6.07, 6.45) is 2.15. The molecule has 0 aromatic heterocycles. The van der Waals surface area contributed by atoms with Gasteiger partial charge in [-0.25, -0.2) is 4.79 Å². The van der Waals surface area contributed by atoms with E-state index in [9.17, 15) is 24.9 Å². The predicted octanol–water partition coefficient (Wildman–Crippen LogP) is 2.41. The van der Waals surface area contributed by atoms with Gasteiger partial charge in [0.25, 0.3) is 0 Å². The Morgan fingerprint density at radius 2 is 2.06 bits per heavy atom. The lowest BCUT2D eigenvalue weighted by Gasteiger charge is -2.44. The lowest BCUT2D eigenvalue weighted by Crippen LogP contribution is -2.57. The normalized spacial score (nSPS) is 29.1. The number of ether oxygens (including phenoxy) is 3. The molecule has 1 aliphatic heterocycles. The minimum Gasteiger partial charge on any atom is -0.508 e. The van der Waals surface area contributed by atoms with E-state index >= 15 is 0 Å². The Bertz CT molecular complexity index is 861. The molecule has 2 aliphatic rings. The van der Waals surface area contributed by atoms with Gasteiger partial charge in [0.05, 0.1) is 18.8 Å². The van der Waals surface area contributed by atoms with Crippen molar-refractivity contribution in [1.82, 2.24) is 0 Å². The summed E-state index contributed by atoms with van der Waals surface area (Å²) < 4.78 is 17.0. The SMILES string of the molecule is CC[C@@H](C[C@@H]1CC2=CC(=O)[C@@](C)(O)[C@@H](OC(=O)c3c(C)cc(O)cc3O)[C@@H]2CO1)OC. The molecule has 1 aromatic rings. The number of ketones is 1. The molecule has 1 aliphatic carbocycles. The highest BCUT2D eigenvalue weighted by Crippen LogP contribution is 2.40. The fourth-order valence-corrected chi connectivity index (χ4v) is 4.37. The van der Waals surface area contributed by atoms with E-state index in [1.165, 1.54) is 19.1 Å². The maximum Gasteiger partial charge on any atom is 0.342 e. The molecular weight excluding hydrogens is 404 g/mol. The van der Waals surface area contributed by atoms with Crippen molar-refractivity contribution < 1.29 is 39.1 Å². The third-order valence-corrected chi connectivity index (χ3v) is 6.24. The second-order valence-electron chi connectivity index (χ2n) is 8.48. The van der Waals surface area contributed by atoms with E-state index in [0.29, 0.717) is 18.4 Å². The molecule has 1 heterocycles. The number of phenols is 2. The van der Waals surface area contributed by atoms with Gasteiger partial charge >= 0.3 is 5.97 Å².